The third-order valence-corrected chi connectivity index (χ3v) is 5.57. The average molecular weight is 368 g/mol. The predicted molar refractivity (Wildman–Crippen MR) is 113 cm³/mol. The predicted octanol–water partition coefficient (Wildman–Crippen LogP) is 7.34. The summed E-state index contributed by atoms with van der Waals surface area (Å²) in [5.74, 6) is 0. The maximum atomic E-state index is 6.33. The van der Waals surface area contributed by atoms with Gasteiger partial charge in [0, 0.05) is 27.2 Å². The first-order valence-corrected chi connectivity index (χ1v) is 9.28. The molecule has 0 aliphatic carbocycles. The van der Waals surface area contributed by atoms with Gasteiger partial charge >= 0.3 is 0 Å². The Morgan fingerprint density at radius 3 is 2.04 bits per heavy atom. The second kappa shape index (κ2) is 5.38. The summed E-state index contributed by atoms with van der Waals surface area (Å²) in [6.45, 7) is 0. The molecular formula is C24H14ClNO. The van der Waals surface area contributed by atoms with E-state index in [2.05, 4.69) is 71.3 Å². The zero-order chi connectivity index (χ0) is 18.0. The van der Waals surface area contributed by atoms with Crippen molar-refractivity contribution in [1.29, 1.82) is 0 Å². The number of rotatable bonds is 1. The Balaban J connectivity index is 1.75. The number of nitrogens with zero attached hydrogens (tertiary/aromatic N) is 1. The maximum Gasteiger partial charge on any atom is 0.153 e. The van der Waals surface area contributed by atoms with Crippen molar-refractivity contribution in [3.05, 3.63) is 90.0 Å². The van der Waals surface area contributed by atoms with Gasteiger partial charge in [-0.1, -0.05) is 60.1 Å². The van der Waals surface area contributed by atoms with E-state index in [0.29, 0.717) is 5.02 Å². The molecule has 2 nitrogen and oxygen atoms in total. The Kier molecular flexibility index (Phi) is 2.97. The minimum absolute atomic E-state index is 0.641. The van der Waals surface area contributed by atoms with Crippen LogP contribution < -0.4 is 0 Å². The molecule has 0 saturated heterocycles. The molecule has 6 aromatic rings. The van der Waals surface area contributed by atoms with Crippen LogP contribution in [0.15, 0.2) is 89.3 Å². The van der Waals surface area contributed by atoms with Gasteiger partial charge in [-0.25, -0.2) is 0 Å². The van der Waals surface area contributed by atoms with Gasteiger partial charge in [0.25, 0.3) is 0 Å². The van der Waals surface area contributed by atoms with Crippen LogP contribution >= 0.6 is 11.6 Å². The van der Waals surface area contributed by atoms with Crippen LogP contribution in [0, 0.1) is 0 Å². The van der Waals surface area contributed by atoms with E-state index >= 15 is 0 Å². The van der Waals surface area contributed by atoms with Crippen molar-refractivity contribution >= 4 is 55.3 Å². The van der Waals surface area contributed by atoms with Crippen LogP contribution in [0.1, 0.15) is 0 Å². The molecule has 0 atom stereocenters. The largest absolute Gasteiger partial charge is 0.454 e. The third kappa shape index (κ3) is 2.02. The first-order valence-electron chi connectivity index (χ1n) is 8.90. The molecule has 0 N–H and O–H groups in total. The van der Waals surface area contributed by atoms with Crippen molar-refractivity contribution in [1.82, 2.24) is 4.57 Å². The molecule has 0 saturated carbocycles. The molecule has 3 heteroatoms. The van der Waals surface area contributed by atoms with Crippen LogP contribution in [-0.2, 0) is 0 Å². The number of aromatic nitrogens is 1. The molecule has 0 amide bonds. The van der Waals surface area contributed by atoms with E-state index in [4.69, 9.17) is 16.0 Å². The zero-order valence-corrected chi connectivity index (χ0v) is 15.1. The lowest BCUT2D eigenvalue weighted by molar-refractivity contribution is 0.669. The van der Waals surface area contributed by atoms with Crippen LogP contribution in [0.4, 0.5) is 0 Å². The number of para-hydroxylation sites is 3. The highest BCUT2D eigenvalue weighted by molar-refractivity contribution is 6.35. The fourth-order valence-electron chi connectivity index (χ4n) is 4.09. The monoisotopic (exact) mass is 367 g/mol. The highest BCUT2D eigenvalue weighted by Gasteiger charge is 2.14. The van der Waals surface area contributed by atoms with Gasteiger partial charge in [0.15, 0.2) is 5.58 Å². The number of hydrogen-bond donors (Lipinski definition) is 0. The lowest BCUT2D eigenvalue weighted by Gasteiger charge is -2.07. The van der Waals surface area contributed by atoms with Gasteiger partial charge < -0.3 is 8.98 Å². The number of fused-ring (bicyclic) bond motifs is 6. The summed E-state index contributed by atoms with van der Waals surface area (Å²) in [5, 5.41) is 5.27. The molecule has 6 rings (SSSR count). The molecule has 128 valence electrons. The first-order chi connectivity index (χ1) is 13.3. The van der Waals surface area contributed by atoms with Gasteiger partial charge in [-0.2, -0.15) is 0 Å². The van der Waals surface area contributed by atoms with E-state index in [-0.39, 0.29) is 0 Å². The summed E-state index contributed by atoms with van der Waals surface area (Å²) in [7, 11) is 0. The first kappa shape index (κ1) is 14.9. The lowest BCUT2D eigenvalue weighted by Crippen LogP contribution is -1.93. The van der Waals surface area contributed by atoms with Crippen molar-refractivity contribution in [2.75, 3.05) is 0 Å². The SMILES string of the molecule is Clc1cccc2c1oc1ccc(-n3c4ccccc4c4ccccc43)cc12. The van der Waals surface area contributed by atoms with Gasteiger partial charge in [0.05, 0.1) is 16.1 Å². The second-order valence-electron chi connectivity index (χ2n) is 6.77. The second-order valence-corrected chi connectivity index (χ2v) is 7.18. The van der Waals surface area contributed by atoms with E-state index in [9.17, 15) is 0 Å². The number of halogens is 1. The van der Waals surface area contributed by atoms with Crippen molar-refractivity contribution in [3.8, 4) is 5.69 Å². The fraction of sp³-hybridized carbons (Fsp3) is 0. The van der Waals surface area contributed by atoms with E-state index in [1.54, 1.807) is 0 Å². The molecule has 0 spiro atoms. The van der Waals surface area contributed by atoms with E-state index in [1.165, 1.54) is 21.8 Å². The maximum absolute atomic E-state index is 6.33. The van der Waals surface area contributed by atoms with Crippen molar-refractivity contribution in [2.24, 2.45) is 0 Å². The average Bonchev–Trinajstić information content (AvgIpc) is 3.24. The molecule has 0 fully saturated rings. The van der Waals surface area contributed by atoms with Gasteiger partial charge in [-0.05, 0) is 36.4 Å². The molecule has 4 aromatic carbocycles. The van der Waals surface area contributed by atoms with Crippen molar-refractivity contribution in [3.63, 3.8) is 0 Å². The van der Waals surface area contributed by atoms with Crippen LogP contribution in [-0.4, -0.2) is 4.57 Å². The molecule has 0 bridgehead atoms. The topological polar surface area (TPSA) is 18.1 Å². The summed E-state index contributed by atoms with van der Waals surface area (Å²) in [5.41, 5.74) is 5.10. The summed E-state index contributed by atoms with van der Waals surface area (Å²) in [6, 6.07) is 29.3. The van der Waals surface area contributed by atoms with Crippen LogP contribution in [0.25, 0.3) is 49.4 Å². The van der Waals surface area contributed by atoms with E-state index < -0.39 is 0 Å². The van der Waals surface area contributed by atoms with Crippen molar-refractivity contribution < 1.29 is 4.42 Å². The minimum Gasteiger partial charge on any atom is -0.454 e. The van der Waals surface area contributed by atoms with Crippen LogP contribution in [0.5, 0.6) is 0 Å². The molecule has 0 aliphatic rings. The summed E-state index contributed by atoms with van der Waals surface area (Å²) in [6.07, 6.45) is 0. The smallest absolute Gasteiger partial charge is 0.153 e. The van der Waals surface area contributed by atoms with E-state index in [1.807, 2.05) is 18.2 Å². The molecule has 2 aromatic heterocycles. The quantitative estimate of drug-likeness (QED) is 0.297. The highest BCUT2D eigenvalue weighted by Crippen LogP contribution is 2.36. The van der Waals surface area contributed by atoms with Crippen molar-refractivity contribution in [2.45, 2.75) is 0 Å². The molecule has 27 heavy (non-hydrogen) atoms. The minimum atomic E-state index is 0.641. The van der Waals surface area contributed by atoms with E-state index in [0.717, 1.165) is 27.6 Å². The Labute approximate surface area is 160 Å². The Hall–Kier alpha value is -3.23. The van der Waals surface area contributed by atoms with Gasteiger partial charge in [-0.3, -0.25) is 0 Å². The van der Waals surface area contributed by atoms with Gasteiger partial charge in [0.2, 0.25) is 0 Å². The zero-order valence-electron chi connectivity index (χ0n) is 14.3. The molecule has 2 heterocycles. The fourth-order valence-corrected chi connectivity index (χ4v) is 4.30. The number of furan rings is 1. The number of benzene rings is 4. The third-order valence-electron chi connectivity index (χ3n) is 5.27. The Morgan fingerprint density at radius 2 is 1.30 bits per heavy atom. The van der Waals surface area contributed by atoms with Gasteiger partial charge in [0.1, 0.15) is 5.58 Å². The Bertz CT molecular complexity index is 1440. The Morgan fingerprint density at radius 1 is 0.630 bits per heavy atom. The molecule has 0 unspecified atom stereocenters. The van der Waals surface area contributed by atoms with Crippen LogP contribution in [0.3, 0.4) is 0 Å². The normalized spacial score (nSPS) is 11.9. The molecular weight excluding hydrogens is 354 g/mol. The summed E-state index contributed by atoms with van der Waals surface area (Å²) in [4.78, 5) is 0. The standard InChI is InChI=1S/C24H14ClNO/c25-20-9-5-8-18-19-14-15(12-13-23(19)27-24(18)20)26-21-10-3-1-6-16(21)17-7-2-4-11-22(17)26/h1-14H. The lowest BCUT2D eigenvalue weighted by atomic mass is 10.1. The summed E-state index contributed by atoms with van der Waals surface area (Å²) >= 11 is 6.33. The molecule has 0 aliphatic heterocycles. The molecule has 0 radical (unpaired) electrons. The van der Waals surface area contributed by atoms with Gasteiger partial charge in [-0.15, -0.1) is 0 Å². The van der Waals surface area contributed by atoms with Crippen LogP contribution in [0.2, 0.25) is 5.02 Å². The summed E-state index contributed by atoms with van der Waals surface area (Å²) < 4.78 is 8.30. The highest BCUT2D eigenvalue weighted by atomic mass is 35.5. The number of hydrogen-bond acceptors (Lipinski definition) is 1.